The summed E-state index contributed by atoms with van der Waals surface area (Å²) in [5, 5.41) is 10.2. The molecule has 0 aliphatic rings. The number of hydrogen-bond donors (Lipinski definition) is 0. The van der Waals surface area contributed by atoms with Gasteiger partial charge < -0.3 is 4.55 Å². The largest absolute Gasteiger partial charge is 0.744 e. The molecule has 2 rings (SSSR count). The number of nitrogens with zero attached hydrogens (tertiary/aromatic N) is 1. The lowest BCUT2D eigenvalue weighted by Crippen LogP contribution is -2.12. The van der Waals surface area contributed by atoms with E-state index < -0.39 is 31.7 Å². The molecular formula is C13H8F3INO5S-. The van der Waals surface area contributed by atoms with Crippen LogP contribution in [-0.2, 0) is 16.3 Å². The maximum absolute atomic E-state index is 12.2. The third kappa shape index (κ3) is 6.05. The first-order valence-electron chi connectivity index (χ1n) is 5.95. The summed E-state index contributed by atoms with van der Waals surface area (Å²) >= 11 is 2.03. The van der Waals surface area contributed by atoms with Gasteiger partial charge in [-0.15, -0.1) is 0 Å². The van der Waals surface area contributed by atoms with Crippen LogP contribution in [0.15, 0.2) is 53.4 Å². The first-order valence-corrected chi connectivity index (χ1v) is 8.43. The lowest BCUT2D eigenvalue weighted by molar-refractivity contribution is -0.384. The maximum Gasteiger partial charge on any atom is 0.417 e. The zero-order valence-corrected chi connectivity index (χ0v) is 14.5. The molecule has 11 heteroatoms. The average Bonchev–Trinajstić information content (AvgIpc) is 2.46. The Labute approximate surface area is 148 Å². The van der Waals surface area contributed by atoms with Gasteiger partial charge in [0.2, 0.25) is 0 Å². The van der Waals surface area contributed by atoms with Crippen molar-refractivity contribution in [2.45, 2.75) is 11.1 Å². The van der Waals surface area contributed by atoms with E-state index in [0.29, 0.717) is 12.1 Å². The molecule has 0 heterocycles. The fraction of sp³-hybridized carbons (Fsp3) is 0.0769. The Balaban J connectivity index is 0.000000254. The van der Waals surface area contributed by atoms with Crippen molar-refractivity contribution in [2.24, 2.45) is 0 Å². The van der Waals surface area contributed by atoms with Crippen LogP contribution in [0.3, 0.4) is 0 Å². The Morgan fingerprint density at radius 2 is 1.62 bits per heavy atom. The minimum Gasteiger partial charge on any atom is -0.744 e. The van der Waals surface area contributed by atoms with Gasteiger partial charge in [0, 0.05) is 15.7 Å². The van der Waals surface area contributed by atoms with Crippen molar-refractivity contribution in [2.75, 3.05) is 0 Å². The van der Waals surface area contributed by atoms with Crippen molar-refractivity contribution in [3.8, 4) is 0 Å². The van der Waals surface area contributed by atoms with Gasteiger partial charge in [0.25, 0.3) is 5.69 Å². The topological polar surface area (TPSA) is 100 Å². The summed E-state index contributed by atoms with van der Waals surface area (Å²) in [6, 6.07) is 9.73. The van der Waals surface area contributed by atoms with Gasteiger partial charge in [-0.1, -0.05) is 18.2 Å². The van der Waals surface area contributed by atoms with Gasteiger partial charge in [0.15, 0.2) is 0 Å². The van der Waals surface area contributed by atoms with Crippen LogP contribution in [0.4, 0.5) is 18.9 Å². The normalized spacial score (nSPS) is 11.4. The number of benzene rings is 2. The number of rotatable bonds is 2. The summed E-state index contributed by atoms with van der Waals surface area (Å²) in [4.78, 5) is 8.51. The minimum atomic E-state index is -5.09. The van der Waals surface area contributed by atoms with E-state index in [9.17, 15) is 36.3 Å². The van der Waals surface area contributed by atoms with Crippen molar-refractivity contribution in [1.82, 2.24) is 0 Å². The number of nitro groups is 1. The van der Waals surface area contributed by atoms with Crippen molar-refractivity contribution in [1.29, 1.82) is 0 Å². The highest BCUT2D eigenvalue weighted by molar-refractivity contribution is 14.1. The Kier molecular flexibility index (Phi) is 6.68. The molecule has 130 valence electrons. The highest BCUT2D eigenvalue weighted by Gasteiger charge is 2.34. The Morgan fingerprint density at radius 1 is 1.04 bits per heavy atom. The number of non-ortho nitro benzene ring substituents is 1. The number of halogens is 4. The zero-order valence-electron chi connectivity index (χ0n) is 11.5. The predicted octanol–water partition coefficient (Wildman–Crippen LogP) is 3.81. The van der Waals surface area contributed by atoms with E-state index in [1.807, 2.05) is 28.7 Å². The Bertz CT molecular complexity index is 839. The van der Waals surface area contributed by atoms with Gasteiger partial charge in [-0.25, -0.2) is 8.42 Å². The molecule has 0 spiro atoms. The number of hydrogen-bond acceptors (Lipinski definition) is 5. The lowest BCUT2D eigenvalue weighted by atomic mass is 10.2. The maximum atomic E-state index is 12.2. The van der Waals surface area contributed by atoms with Crippen molar-refractivity contribution >= 4 is 38.4 Å². The summed E-state index contributed by atoms with van der Waals surface area (Å²) in [6.07, 6.45) is -4.84. The van der Waals surface area contributed by atoms with E-state index >= 15 is 0 Å². The number of nitro benzene ring substituents is 1. The van der Waals surface area contributed by atoms with E-state index in [-0.39, 0.29) is 5.69 Å². The van der Waals surface area contributed by atoms with Crippen LogP contribution in [0.1, 0.15) is 5.56 Å². The fourth-order valence-electron chi connectivity index (χ4n) is 1.51. The highest BCUT2D eigenvalue weighted by atomic mass is 127. The van der Waals surface area contributed by atoms with Gasteiger partial charge in [-0.2, -0.15) is 13.2 Å². The molecule has 24 heavy (non-hydrogen) atoms. The molecule has 0 atom stereocenters. The third-order valence-electron chi connectivity index (χ3n) is 2.48. The van der Waals surface area contributed by atoms with E-state index in [1.165, 1.54) is 12.1 Å². The van der Waals surface area contributed by atoms with Gasteiger partial charge in [0.1, 0.15) is 10.1 Å². The van der Waals surface area contributed by atoms with Crippen LogP contribution in [0.2, 0.25) is 0 Å². The highest BCUT2D eigenvalue weighted by Crippen LogP contribution is 2.33. The first kappa shape index (κ1) is 20.3. The molecular weight excluding hydrogens is 466 g/mol. The second-order valence-corrected chi connectivity index (χ2v) is 6.78. The van der Waals surface area contributed by atoms with Gasteiger partial charge in [0.05, 0.1) is 15.4 Å². The van der Waals surface area contributed by atoms with E-state index in [1.54, 1.807) is 6.07 Å². The second-order valence-electron chi connectivity index (χ2n) is 4.19. The molecule has 0 radical (unpaired) electrons. The van der Waals surface area contributed by atoms with Gasteiger partial charge >= 0.3 is 6.18 Å². The van der Waals surface area contributed by atoms with Crippen LogP contribution < -0.4 is 0 Å². The third-order valence-corrected chi connectivity index (χ3v) is 4.05. The van der Waals surface area contributed by atoms with Crippen LogP contribution in [0.5, 0.6) is 0 Å². The first-order chi connectivity index (χ1) is 10.9. The van der Waals surface area contributed by atoms with Gasteiger partial charge in [-0.3, -0.25) is 10.1 Å². The van der Waals surface area contributed by atoms with Crippen molar-refractivity contribution in [3.63, 3.8) is 0 Å². The molecule has 2 aromatic carbocycles. The van der Waals surface area contributed by atoms with E-state index in [0.717, 1.165) is 15.7 Å². The quantitative estimate of drug-likeness (QED) is 0.285. The summed E-state index contributed by atoms with van der Waals surface area (Å²) in [5.41, 5.74) is -1.29. The van der Waals surface area contributed by atoms with Crippen molar-refractivity contribution < 1.29 is 31.1 Å². The molecule has 0 aromatic heterocycles. The molecule has 6 nitrogen and oxygen atoms in total. The minimum absolute atomic E-state index is 0.145. The molecule has 0 aliphatic carbocycles. The molecule has 0 amide bonds. The molecule has 0 N–H and O–H groups in total. The molecule has 0 saturated heterocycles. The Hall–Kier alpha value is -1.73. The molecule has 0 unspecified atom stereocenters. The summed E-state index contributed by atoms with van der Waals surface area (Å²) in [7, 11) is -5.09. The molecule has 0 fully saturated rings. The number of alkyl halides is 3. The monoisotopic (exact) mass is 474 g/mol. The summed E-state index contributed by atoms with van der Waals surface area (Å²) < 4.78 is 68.7. The van der Waals surface area contributed by atoms with Crippen LogP contribution >= 0.6 is 22.6 Å². The lowest BCUT2D eigenvalue weighted by Gasteiger charge is -2.14. The Morgan fingerprint density at radius 3 is 2.00 bits per heavy atom. The smallest absolute Gasteiger partial charge is 0.417 e. The van der Waals surface area contributed by atoms with E-state index in [4.69, 9.17) is 0 Å². The summed E-state index contributed by atoms with van der Waals surface area (Å²) in [6.45, 7) is 0. The molecule has 0 bridgehead atoms. The molecule has 0 aliphatic heterocycles. The molecule has 2 aromatic rings. The predicted molar refractivity (Wildman–Crippen MR) is 85.2 cm³/mol. The molecule has 0 saturated carbocycles. The summed E-state index contributed by atoms with van der Waals surface area (Å²) in [5.74, 6) is 0. The SMILES string of the molecule is O=S(=O)([O-])c1ccccc1C(F)(F)F.O=[N+]([O-])c1cccc(I)c1. The van der Waals surface area contributed by atoms with Gasteiger partial charge in [-0.05, 0) is 40.8 Å². The van der Waals surface area contributed by atoms with Crippen LogP contribution in [0.25, 0.3) is 0 Å². The van der Waals surface area contributed by atoms with E-state index in [2.05, 4.69) is 0 Å². The zero-order chi connectivity index (χ0) is 18.5. The van der Waals surface area contributed by atoms with Crippen LogP contribution in [-0.4, -0.2) is 17.9 Å². The van der Waals surface area contributed by atoms with Crippen molar-refractivity contribution in [3.05, 3.63) is 67.8 Å². The second kappa shape index (κ2) is 7.90. The fourth-order valence-corrected chi connectivity index (χ4v) is 2.73. The average molecular weight is 474 g/mol. The van der Waals surface area contributed by atoms with Crippen LogP contribution in [0, 0.1) is 13.7 Å². The standard InChI is InChI=1S/C7H5F3O3S.C6H4INO2/c8-7(9,10)5-3-1-2-4-6(5)14(11,12)13;7-5-2-1-3-6(4-5)8(9)10/h1-4H,(H,11,12,13);1-4H/p-1.